The van der Waals surface area contributed by atoms with Crippen molar-refractivity contribution in [3.8, 4) is 11.8 Å². The van der Waals surface area contributed by atoms with Gasteiger partial charge in [-0.2, -0.15) is 0 Å². The van der Waals surface area contributed by atoms with Crippen molar-refractivity contribution in [2.45, 2.75) is 20.8 Å². The molecule has 114 valence electrons. The second-order valence-electron chi connectivity index (χ2n) is 6.54. The molecule has 3 nitrogen and oxygen atoms in total. The summed E-state index contributed by atoms with van der Waals surface area (Å²) in [5, 5.41) is 1.39. The predicted molar refractivity (Wildman–Crippen MR) is 89.2 cm³/mol. The summed E-state index contributed by atoms with van der Waals surface area (Å²) in [6.07, 6.45) is 0. The van der Waals surface area contributed by atoms with Crippen LogP contribution in [0.1, 0.15) is 47.1 Å². The van der Waals surface area contributed by atoms with Crippen LogP contribution in [0.4, 0.5) is 0 Å². The average molecular weight is 304 g/mol. The lowest BCUT2D eigenvalue weighted by atomic mass is 9.87. The van der Waals surface area contributed by atoms with E-state index < -0.39 is 11.9 Å². The van der Waals surface area contributed by atoms with Crippen LogP contribution < -0.4 is 0 Å². The molecule has 1 aliphatic heterocycles. The van der Waals surface area contributed by atoms with Gasteiger partial charge in [0.2, 0.25) is 0 Å². The average Bonchev–Trinajstić information content (AvgIpc) is 2.49. The minimum absolute atomic E-state index is 0.0981. The van der Waals surface area contributed by atoms with E-state index in [0.717, 1.165) is 16.5 Å². The Morgan fingerprint density at radius 1 is 1.04 bits per heavy atom. The van der Waals surface area contributed by atoms with Gasteiger partial charge in [0.1, 0.15) is 0 Å². The summed E-state index contributed by atoms with van der Waals surface area (Å²) < 4.78 is 4.76. The van der Waals surface area contributed by atoms with Crippen molar-refractivity contribution in [3.05, 3.63) is 59.2 Å². The van der Waals surface area contributed by atoms with Gasteiger partial charge in [-0.05, 0) is 29.0 Å². The Kier molecular flexibility index (Phi) is 3.34. The van der Waals surface area contributed by atoms with Gasteiger partial charge in [0, 0.05) is 16.5 Å². The first-order valence-electron chi connectivity index (χ1n) is 7.32. The lowest BCUT2D eigenvalue weighted by Gasteiger charge is -2.17. The van der Waals surface area contributed by atoms with Gasteiger partial charge in [-0.25, -0.2) is 9.59 Å². The number of allylic oxidation sites excluding steroid dienone is 1. The summed E-state index contributed by atoms with van der Waals surface area (Å²) in [5.74, 6) is 4.97. The first-order chi connectivity index (χ1) is 10.8. The molecule has 0 radical (unpaired) electrons. The fourth-order valence-corrected chi connectivity index (χ4v) is 2.38. The summed E-state index contributed by atoms with van der Waals surface area (Å²) in [4.78, 5) is 23.8. The SMILES string of the molecule is C=C(C#Cc1ccc2c3c(cccc13)C(=O)OC2=O)C(C)(C)C. The van der Waals surface area contributed by atoms with Gasteiger partial charge >= 0.3 is 11.9 Å². The molecule has 3 heteroatoms. The molecule has 0 spiro atoms. The largest absolute Gasteiger partial charge is 0.386 e. The minimum atomic E-state index is -0.614. The number of ether oxygens (including phenoxy) is 1. The van der Waals surface area contributed by atoms with Crippen LogP contribution in [0.15, 0.2) is 42.5 Å². The van der Waals surface area contributed by atoms with Gasteiger partial charge in [0.25, 0.3) is 0 Å². The van der Waals surface area contributed by atoms with Gasteiger partial charge in [-0.3, -0.25) is 0 Å². The van der Waals surface area contributed by atoms with Crippen molar-refractivity contribution < 1.29 is 14.3 Å². The number of rotatable bonds is 0. The first kappa shape index (κ1) is 15.1. The fourth-order valence-electron chi connectivity index (χ4n) is 2.38. The molecular formula is C20H16O3. The highest BCUT2D eigenvalue weighted by atomic mass is 16.6. The van der Waals surface area contributed by atoms with Gasteiger partial charge in [-0.1, -0.05) is 51.3 Å². The molecule has 0 aromatic heterocycles. The van der Waals surface area contributed by atoms with E-state index in [1.165, 1.54) is 0 Å². The molecule has 0 saturated carbocycles. The van der Waals surface area contributed by atoms with E-state index in [0.29, 0.717) is 16.5 Å². The third-order valence-electron chi connectivity index (χ3n) is 3.92. The van der Waals surface area contributed by atoms with E-state index in [9.17, 15) is 9.59 Å². The molecule has 1 heterocycles. The summed E-state index contributed by atoms with van der Waals surface area (Å²) in [7, 11) is 0. The van der Waals surface area contributed by atoms with E-state index in [4.69, 9.17) is 4.74 Å². The van der Waals surface area contributed by atoms with Crippen LogP contribution in [0.5, 0.6) is 0 Å². The highest BCUT2D eigenvalue weighted by molar-refractivity contribution is 6.21. The van der Waals surface area contributed by atoms with Crippen molar-refractivity contribution >= 4 is 22.7 Å². The second kappa shape index (κ2) is 5.10. The third kappa shape index (κ3) is 2.53. The molecule has 0 aliphatic carbocycles. The zero-order valence-corrected chi connectivity index (χ0v) is 13.3. The summed E-state index contributed by atoms with van der Waals surface area (Å²) in [5.41, 5.74) is 2.29. The van der Waals surface area contributed by atoms with Gasteiger partial charge in [-0.15, -0.1) is 0 Å². The lowest BCUT2D eigenvalue weighted by molar-refractivity contribution is 0.0391. The molecule has 3 rings (SSSR count). The van der Waals surface area contributed by atoms with Crippen molar-refractivity contribution in [1.29, 1.82) is 0 Å². The molecule has 0 saturated heterocycles. The predicted octanol–water partition coefficient (Wildman–Crippen LogP) is 4.10. The van der Waals surface area contributed by atoms with E-state index in [1.54, 1.807) is 24.3 Å². The number of carbonyl (C=O) groups is 2. The molecule has 0 atom stereocenters. The van der Waals surface area contributed by atoms with Crippen LogP contribution >= 0.6 is 0 Å². The molecule has 2 aromatic rings. The first-order valence-corrected chi connectivity index (χ1v) is 7.32. The number of carbonyl (C=O) groups excluding carboxylic acids is 2. The normalized spacial score (nSPS) is 13.3. The highest BCUT2D eigenvalue weighted by Gasteiger charge is 2.27. The van der Waals surface area contributed by atoms with Crippen LogP contribution in [0, 0.1) is 17.3 Å². The third-order valence-corrected chi connectivity index (χ3v) is 3.92. The Bertz CT molecular complexity index is 911. The van der Waals surface area contributed by atoms with E-state index >= 15 is 0 Å². The molecule has 0 unspecified atom stereocenters. The Labute approximate surface area is 135 Å². The Morgan fingerprint density at radius 2 is 1.70 bits per heavy atom. The van der Waals surface area contributed by atoms with E-state index in [1.807, 2.05) is 6.07 Å². The van der Waals surface area contributed by atoms with Crippen molar-refractivity contribution in [1.82, 2.24) is 0 Å². The minimum Gasteiger partial charge on any atom is -0.386 e. The second-order valence-corrected chi connectivity index (χ2v) is 6.54. The Hall–Kier alpha value is -2.86. The molecular weight excluding hydrogens is 288 g/mol. The standard InChI is InChI=1S/C20H16O3/c1-12(20(2,3)4)8-9-13-10-11-16-17-14(13)6-5-7-15(17)18(21)23-19(16)22/h5-7,10-11H,1H2,2-4H3. The van der Waals surface area contributed by atoms with Crippen molar-refractivity contribution in [2.75, 3.05) is 0 Å². The lowest BCUT2D eigenvalue weighted by Crippen LogP contribution is -2.19. The van der Waals surface area contributed by atoms with Gasteiger partial charge in [0.05, 0.1) is 11.1 Å². The maximum Gasteiger partial charge on any atom is 0.346 e. The van der Waals surface area contributed by atoms with Gasteiger partial charge in [0.15, 0.2) is 0 Å². The van der Waals surface area contributed by atoms with E-state index in [-0.39, 0.29) is 5.41 Å². The fraction of sp³-hybridized carbons (Fsp3) is 0.200. The van der Waals surface area contributed by atoms with Crippen LogP contribution in [0.25, 0.3) is 10.8 Å². The number of hydrogen-bond donors (Lipinski definition) is 0. The molecule has 0 bridgehead atoms. The van der Waals surface area contributed by atoms with Crippen molar-refractivity contribution in [2.24, 2.45) is 5.41 Å². The monoisotopic (exact) mass is 304 g/mol. The maximum absolute atomic E-state index is 11.9. The van der Waals surface area contributed by atoms with Crippen molar-refractivity contribution in [3.63, 3.8) is 0 Å². The van der Waals surface area contributed by atoms with Crippen LogP contribution in [0.3, 0.4) is 0 Å². The smallest absolute Gasteiger partial charge is 0.346 e. The summed E-state index contributed by atoms with van der Waals surface area (Å²) >= 11 is 0. The van der Waals surface area contributed by atoms with Crippen LogP contribution in [-0.2, 0) is 4.74 Å². The van der Waals surface area contributed by atoms with Crippen LogP contribution in [-0.4, -0.2) is 11.9 Å². The topological polar surface area (TPSA) is 43.4 Å². The van der Waals surface area contributed by atoms with E-state index in [2.05, 4.69) is 39.2 Å². The molecule has 0 amide bonds. The molecule has 2 aromatic carbocycles. The Balaban J connectivity index is 2.22. The van der Waals surface area contributed by atoms with Gasteiger partial charge < -0.3 is 4.74 Å². The number of benzene rings is 2. The molecule has 0 N–H and O–H groups in total. The number of hydrogen-bond acceptors (Lipinski definition) is 3. The molecule has 1 aliphatic rings. The summed E-state index contributed by atoms with van der Waals surface area (Å²) in [6, 6.07) is 8.72. The zero-order valence-electron chi connectivity index (χ0n) is 13.3. The molecule has 0 fully saturated rings. The summed E-state index contributed by atoms with van der Waals surface area (Å²) in [6.45, 7) is 10.2. The zero-order chi connectivity index (χ0) is 16.8. The number of cyclic esters (lactones) is 2. The van der Waals surface area contributed by atoms with Crippen LogP contribution in [0.2, 0.25) is 0 Å². The Morgan fingerprint density at radius 3 is 2.35 bits per heavy atom. The maximum atomic E-state index is 11.9. The molecule has 23 heavy (non-hydrogen) atoms. The highest BCUT2D eigenvalue weighted by Crippen LogP contribution is 2.31. The quantitative estimate of drug-likeness (QED) is 0.418. The number of esters is 2.